The first-order valence-electron chi connectivity index (χ1n) is 8.17. The van der Waals surface area contributed by atoms with Crippen LogP contribution in [-0.2, 0) is 0 Å². The van der Waals surface area contributed by atoms with Crippen LogP contribution >= 0.6 is 0 Å². The molecule has 2 N–H and O–H groups in total. The average Bonchev–Trinajstić information content (AvgIpc) is 2.62. The number of pyridine rings is 1. The highest BCUT2D eigenvalue weighted by molar-refractivity contribution is 6.01. The lowest BCUT2D eigenvalue weighted by atomic mass is 9.96. The molecule has 0 saturated carbocycles. The van der Waals surface area contributed by atoms with Crippen LogP contribution < -0.4 is 15.2 Å². The summed E-state index contributed by atoms with van der Waals surface area (Å²) in [5, 5.41) is 10.4. The monoisotopic (exact) mass is 333 g/mol. The van der Waals surface area contributed by atoms with Crippen LogP contribution in [0, 0.1) is 11.3 Å². The minimum atomic E-state index is 0.209. The van der Waals surface area contributed by atoms with Gasteiger partial charge in [0.15, 0.2) is 11.5 Å². The van der Waals surface area contributed by atoms with Gasteiger partial charge in [0.2, 0.25) is 0 Å². The van der Waals surface area contributed by atoms with E-state index in [9.17, 15) is 5.26 Å². The van der Waals surface area contributed by atoms with Gasteiger partial charge in [0, 0.05) is 17.0 Å². The fraction of sp³-hybridized carbons (Fsp3) is 0.200. The van der Waals surface area contributed by atoms with E-state index in [1.807, 2.05) is 56.3 Å². The van der Waals surface area contributed by atoms with E-state index in [-0.39, 0.29) is 5.82 Å². The van der Waals surface area contributed by atoms with E-state index < -0.39 is 0 Å². The van der Waals surface area contributed by atoms with Crippen molar-refractivity contribution in [3.05, 3.63) is 48.0 Å². The van der Waals surface area contributed by atoms with Gasteiger partial charge < -0.3 is 15.2 Å². The second-order valence-electron chi connectivity index (χ2n) is 5.41. The Labute approximate surface area is 146 Å². The van der Waals surface area contributed by atoms with Crippen molar-refractivity contribution in [3.63, 3.8) is 0 Å². The number of ether oxygens (including phenoxy) is 2. The number of fused-ring (bicyclic) bond motifs is 1. The molecule has 0 aliphatic rings. The van der Waals surface area contributed by atoms with Crippen molar-refractivity contribution >= 4 is 16.7 Å². The molecule has 0 radical (unpaired) electrons. The van der Waals surface area contributed by atoms with Crippen molar-refractivity contribution in [1.82, 2.24) is 4.98 Å². The number of benzene rings is 2. The Morgan fingerprint density at radius 2 is 1.68 bits per heavy atom. The zero-order valence-electron chi connectivity index (χ0n) is 14.2. The molecule has 25 heavy (non-hydrogen) atoms. The SMILES string of the molecule is CCOc1cc2nc(N)c(C#N)c(-c3ccccc3)c2cc1OCC. The topological polar surface area (TPSA) is 81.2 Å². The third-order valence-electron chi connectivity index (χ3n) is 3.85. The molecule has 1 aromatic heterocycles. The van der Waals surface area contributed by atoms with Crippen molar-refractivity contribution in [2.75, 3.05) is 18.9 Å². The number of nitrogens with two attached hydrogens (primary N) is 1. The summed E-state index contributed by atoms with van der Waals surface area (Å²) in [5.74, 6) is 1.46. The normalized spacial score (nSPS) is 10.4. The minimum absolute atomic E-state index is 0.209. The first-order valence-corrected chi connectivity index (χ1v) is 8.17. The largest absolute Gasteiger partial charge is 0.490 e. The molecule has 0 fully saturated rings. The van der Waals surface area contributed by atoms with Crippen LogP contribution in [0.2, 0.25) is 0 Å². The summed E-state index contributed by atoms with van der Waals surface area (Å²) >= 11 is 0. The molecule has 0 spiro atoms. The van der Waals surface area contributed by atoms with Gasteiger partial charge in [-0.2, -0.15) is 5.26 Å². The molecule has 0 aliphatic carbocycles. The summed E-state index contributed by atoms with van der Waals surface area (Å²) < 4.78 is 11.4. The van der Waals surface area contributed by atoms with Crippen molar-refractivity contribution in [1.29, 1.82) is 5.26 Å². The van der Waals surface area contributed by atoms with Gasteiger partial charge in [-0.25, -0.2) is 4.98 Å². The van der Waals surface area contributed by atoms with E-state index in [0.717, 1.165) is 16.5 Å². The highest BCUT2D eigenvalue weighted by atomic mass is 16.5. The van der Waals surface area contributed by atoms with Crippen molar-refractivity contribution in [2.45, 2.75) is 13.8 Å². The van der Waals surface area contributed by atoms with E-state index in [2.05, 4.69) is 11.1 Å². The van der Waals surface area contributed by atoms with Crippen LogP contribution in [0.15, 0.2) is 42.5 Å². The number of rotatable bonds is 5. The van der Waals surface area contributed by atoms with Gasteiger partial charge in [0.05, 0.1) is 18.7 Å². The second-order valence-corrected chi connectivity index (χ2v) is 5.41. The Morgan fingerprint density at radius 1 is 1.04 bits per heavy atom. The molecule has 0 amide bonds. The van der Waals surface area contributed by atoms with Crippen molar-refractivity contribution < 1.29 is 9.47 Å². The van der Waals surface area contributed by atoms with Crippen LogP contribution in [0.1, 0.15) is 19.4 Å². The molecule has 0 aliphatic heterocycles. The van der Waals surface area contributed by atoms with Gasteiger partial charge in [-0.05, 0) is 25.5 Å². The average molecular weight is 333 g/mol. The van der Waals surface area contributed by atoms with E-state index in [4.69, 9.17) is 15.2 Å². The highest BCUT2D eigenvalue weighted by Crippen LogP contribution is 2.39. The molecule has 0 atom stereocenters. The number of anilines is 1. The predicted molar refractivity (Wildman–Crippen MR) is 98.6 cm³/mol. The lowest BCUT2D eigenvalue weighted by Crippen LogP contribution is -2.02. The molecular weight excluding hydrogens is 314 g/mol. The Kier molecular flexibility index (Phi) is 4.71. The minimum Gasteiger partial charge on any atom is -0.490 e. The fourth-order valence-electron chi connectivity index (χ4n) is 2.84. The Morgan fingerprint density at radius 3 is 2.28 bits per heavy atom. The van der Waals surface area contributed by atoms with Gasteiger partial charge in [-0.3, -0.25) is 0 Å². The van der Waals surface area contributed by atoms with E-state index in [0.29, 0.717) is 35.8 Å². The quantitative estimate of drug-likeness (QED) is 0.758. The molecule has 0 bridgehead atoms. The smallest absolute Gasteiger partial charge is 0.163 e. The van der Waals surface area contributed by atoms with Crippen LogP contribution in [0.4, 0.5) is 5.82 Å². The zero-order valence-corrected chi connectivity index (χ0v) is 14.2. The summed E-state index contributed by atoms with van der Waals surface area (Å²) in [5.41, 5.74) is 8.75. The fourth-order valence-corrected chi connectivity index (χ4v) is 2.84. The number of nitrogen functional groups attached to an aromatic ring is 1. The molecule has 5 nitrogen and oxygen atoms in total. The zero-order chi connectivity index (χ0) is 17.8. The summed E-state index contributed by atoms with van der Waals surface area (Å²) in [7, 11) is 0. The summed E-state index contributed by atoms with van der Waals surface area (Å²) in [6, 6.07) is 15.6. The molecule has 1 heterocycles. The Bertz CT molecular complexity index is 947. The maximum absolute atomic E-state index is 9.61. The van der Waals surface area contributed by atoms with Gasteiger partial charge in [-0.1, -0.05) is 30.3 Å². The van der Waals surface area contributed by atoms with Crippen LogP contribution in [-0.4, -0.2) is 18.2 Å². The van der Waals surface area contributed by atoms with E-state index in [1.165, 1.54) is 0 Å². The highest BCUT2D eigenvalue weighted by Gasteiger charge is 2.18. The lowest BCUT2D eigenvalue weighted by molar-refractivity contribution is 0.288. The maximum atomic E-state index is 9.61. The Balaban J connectivity index is 2.38. The maximum Gasteiger partial charge on any atom is 0.163 e. The Hall–Kier alpha value is -3.26. The first kappa shape index (κ1) is 16.6. The van der Waals surface area contributed by atoms with E-state index >= 15 is 0 Å². The van der Waals surface area contributed by atoms with Crippen LogP contribution in [0.3, 0.4) is 0 Å². The predicted octanol–water partition coefficient (Wildman–Crippen LogP) is 4.15. The number of hydrogen-bond donors (Lipinski definition) is 1. The van der Waals surface area contributed by atoms with Crippen molar-refractivity contribution in [2.24, 2.45) is 0 Å². The first-order chi connectivity index (χ1) is 12.2. The molecule has 0 unspecified atom stereocenters. The summed E-state index contributed by atoms with van der Waals surface area (Å²) in [6.07, 6.45) is 0. The number of nitriles is 1. The lowest BCUT2D eigenvalue weighted by Gasteiger charge is -2.15. The van der Waals surface area contributed by atoms with E-state index in [1.54, 1.807) is 0 Å². The molecule has 5 heteroatoms. The van der Waals surface area contributed by atoms with Crippen LogP contribution in [0.5, 0.6) is 11.5 Å². The van der Waals surface area contributed by atoms with Gasteiger partial charge in [0.1, 0.15) is 17.5 Å². The molecule has 0 saturated heterocycles. The van der Waals surface area contributed by atoms with Gasteiger partial charge in [-0.15, -0.1) is 0 Å². The summed E-state index contributed by atoms with van der Waals surface area (Å²) in [4.78, 5) is 4.40. The van der Waals surface area contributed by atoms with Gasteiger partial charge >= 0.3 is 0 Å². The number of nitrogens with zero attached hydrogens (tertiary/aromatic N) is 2. The van der Waals surface area contributed by atoms with Gasteiger partial charge in [0.25, 0.3) is 0 Å². The molecule has 3 aromatic rings. The second kappa shape index (κ2) is 7.10. The van der Waals surface area contributed by atoms with Crippen molar-refractivity contribution in [3.8, 4) is 28.7 Å². The molecule has 3 rings (SSSR count). The number of aromatic nitrogens is 1. The number of hydrogen-bond acceptors (Lipinski definition) is 5. The standard InChI is InChI=1S/C20H19N3O2/c1-3-24-17-10-14-16(11-18(17)25-4-2)23-20(22)15(12-21)19(14)13-8-6-5-7-9-13/h5-11H,3-4H2,1-2H3,(H2,22,23). The van der Waals surface area contributed by atoms with Crippen LogP contribution in [0.25, 0.3) is 22.0 Å². The third-order valence-corrected chi connectivity index (χ3v) is 3.85. The molecule has 2 aromatic carbocycles. The third kappa shape index (κ3) is 3.07. The molecule has 126 valence electrons. The summed E-state index contributed by atoms with van der Waals surface area (Å²) in [6.45, 7) is 4.86. The molecular formula is C20H19N3O2.